The Hall–Kier alpha value is 0.796. The van der Waals surface area contributed by atoms with Crippen molar-refractivity contribution in [3.05, 3.63) is 12.2 Å². The summed E-state index contributed by atoms with van der Waals surface area (Å²) in [6, 6.07) is 0. The van der Waals surface area contributed by atoms with Crippen LogP contribution in [0.1, 0.15) is 13.8 Å². The monoisotopic (exact) mass is 114 g/mol. The third kappa shape index (κ3) is 109. The summed E-state index contributed by atoms with van der Waals surface area (Å²) >= 11 is 0. The zero-order valence-electron chi connectivity index (χ0n) is 4.16. The maximum Gasteiger partial charge on any atom is 2.00 e. The summed E-state index contributed by atoms with van der Waals surface area (Å²) < 4.78 is 0. The van der Waals surface area contributed by atoms with E-state index in [4.69, 9.17) is 6.58 Å². The predicted octanol–water partition coefficient (Wildman–Crippen LogP) is -1.99. The van der Waals surface area contributed by atoms with Crippen LogP contribution in [0, 0.1) is 6.58 Å². The third-order valence-electron chi connectivity index (χ3n) is 0. The molecule has 0 spiro atoms. The number of halogens is 1. The van der Waals surface area contributed by atoms with Gasteiger partial charge in [0.25, 0.3) is 0 Å². The first kappa shape index (κ1) is 15.8. The summed E-state index contributed by atoms with van der Waals surface area (Å²) in [7, 11) is 0. The Labute approximate surface area is 61.6 Å². The predicted molar refractivity (Wildman–Crippen MR) is 24.9 cm³/mol. The van der Waals surface area contributed by atoms with Crippen molar-refractivity contribution in [1.82, 2.24) is 0 Å². The molecule has 0 aromatic heterocycles. The van der Waals surface area contributed by atoms with E-state index in [0.717, 1.165) is 5.57 Å². The van der Waals surface area contributed by atoms with Crippen molar-refractivity contribution < 1.29 is 12.4 Å². The van der Waals surface area contributed by atoms with Crippen LogP contribution in [0.3, 0.4) is 0 Å². The van der Waals surface area contributed by atoms with E-state index < -0.39 is 0 Å². The van der Waals surface area contributed by atoms with Gasteiger partial charge < -0.3 is 19.0 Å². The van der Waals surface area contributed by atoms with E-state index in [-0.39, 0.29) is 35.5 Å². The van der Waals surface area contributed by atoms with E-state index >= 15 is 0 Å². The van der Waals surface area contributed by atoms with E-state index in [1.807, 2.05) is 13.8 Å². The van der Waals surface area contributed by atoms with Gasteiger partial charge in [0, 0.05) is 0 Å². The maximum absolute atomic E-state index is 5.03. The molecule has 0 bridgehead atoms. The Kier molecular flexibility index (Phi) is 24.4. The van der Waals surface area contributed by atoms with Crippen LogP contribution in [0.4, 0.5) is 0 Å². The largest absolute Gasteiger partial charge is 2.00 e. The smallest absolute Gasteiger partial charge is 1.00 e. The van der Waals surface area contributed by atoms with Crippen molar-refractivity contribution in [1.29, 1.82) is 0 Å². The molecule has 0 nitrogen and oxygen atoms in total. The van der Waals surface area contributed by atoms with Gasteiger partial charge in [-0.2, -0.15) is 0 Å². The molecule has 0 N–H and O–H groups in total. The fraction of sp³-hybridized carbons (Fsp3) is 0.500. The van der Waals surface area contributed by atoms with Gasteiger partial charge in [0.05, 0.1) is 0 Å². The number of hydrogen-bond acceptors (Lipinski definition) is 0. The van der Waals surface area contributed by atoms with Crippen LogP contribution < -0.4 is 12.4 Å². The van der Waals surface area contributed by atoms with Crippen molar-refractivity contribution in [2.24, 2.45) is 0 Å². The molecule has 0 fully saturated rings. The van der Waals surface area contributed by atoms with Crippen LogP contribution in [-0.2, 0) is 0 Å². The summed E-state index contributed by atoms with van der Waals surface area (Å²) in [6.07, 6.45) is 0. The second kappa shape index (κ2) is 9.25. The van der Waals surface area contributed by atoms with Crippen LogP contribution in [0.5, 0.6) is 0 Å². The molecule has 6 heavy (non-hydrogen) atoms. The van der Waals surface area contributed by atoms with Crippen LogP contribution in [0.15, 0.2) is 5.57 Å². The summed E-state index contributed by atoms with van der Waals surface area (Å²) in [5.74, 6) is 0. The number of allylic oxidation sites excluding steroid dienone is 1. The third-order valence-corrected chi connectivity index (χ3v) is 0. The maximum atomic E-state index is 5.03. The van der Waals surface area contributed by atoms with Crippen LogP contribution in [0.25, 0.3) is 0 Å². The topological polar surface area (TPSA) is 0 Å². The minimum Gasteiger partial charge on any atom is -1.00 e. The Balaban J connectivity index is -0.0000000450. The Morgan fingerprint density at radius 1 is 1.33 bits per heavy atom. The van der Waals surface area contributed by atoms with Gasteiger partial charge >= 0.3 is 23.1 Å². The van der Waals surface area contributed by atoms with E-state index in [0.29, 0.717) is 0 Å². The van der Waals surface area contributed by atoms with Gasteiger partial charge in [-0.25, -0.2) is 0 Å². The van der Waals surface area contributed by atoms with Gasteiger partial charge in [0.2, 0.25) is 0 Å². The molecule has 0 aliphatic rings. The molecular formula is C4H7ClMg. The van der Waals surface area contributed by atoms with Gasteiger partial charge in [-0.3, -0.25) is 5.57 Å². The minimum absolute atomic E-state index is 0. The molecule has 0 radical (unpaired) electrons. The van der Waals surface area contributed by atoms with Crippen molar-refractivity contribution in [2.75, 3.05) is 0 Å². The quantitative estimate of drug-likeness (QED) is 0.253. The first-order valence-corrected chi connectivity index (χ1v) is 1.29. The Morgan fingerprint density at radius 3 is 1.33 bits per heavy atom. The van der Waals surface area contributed by atoms with Gasteiger partial charge in [0.15, 0.2) is 0 Å². The molecular weight excluding hydrogens is 108 g/mol. The van der Waals surface area contributed by atoms with Gasteiger partial charge in [-0.1, -0.05) is 13.8 Å². The zero-order valence-corrected chi connectivity index (χ0v) is 6.33. The fourth-order valence-corrected chi connectivity index (χ4v) is 0. The molecule has 2 heteroatoms. The Bertz CT molecular complexity index is 30.5. The van der Waals surface area contributed by atoms with Crippen LogP contribution in [-0.4, -0.2) is 23.1 Å². The summed E-state index contributed by atoms with van der Waals surface area (Å²) in [5, 5.41) is 0. The molecule has 32 valence electrons. The zero-order chi connectivity index (χ0) is 3.58. The fourth-order valence-electron chi connectivity index (χ4n) is 0. The molecule has 0 atom stereocenters. The van der Waals surface area contributed by atoms with E-state index in [2.05, 4.69) is 0 Å². The normalized spacial score (nSPS) is 4.33. The van der Waals surface area contributed by atoms with E-state index in [1.165, 1.54) is 0 Å². The van der Waals surface area contributed by atoms with Crippen LogP contribution >= 0.6 is 0 Å². The molecule has 0 aromatic carbocycles. The molecule has 0 aromatic rings. The summed E-state index contributed by atoms with van der Waals surface area (Å²) in [6.45, 7) is 8.75. The van der Waals surface area contributed by atoms with Gasteiger partial charge in [0.1, 0.15) is 0 Å². The van der Waals surface area contributed by atoms with E-state index in [1.54, 1.807) is 0 Å². The second-order valence-electron chi connectivity index (χ2n) is 1.08. The first-order valence-electron chi connectivity index (χ1n) is 1.29. The summed E-state index contributed by atoms with van der Waals surface area (Å²) in [5.41, 5.74) is 0.917. The minimum atomic E-state index is 0. The van der Waals surface area contributed by atoms with E-state index in [9.17, 15) is 0 Å². The molecule has 0 rings (SSSR count). The van der Waals surface area contributed by atoms with Crippen molar-refractivity contribution in [3.8, 4) is 0 Å². The molecule has 0 saturated heterocycles. The summed E-state index contributed by atoms with van der Waals surface area (Å²) in [4.78, 5) is 0. The molecule has 0 aliphatic carbocycles. The molecule has 0 heterocycles. The molecule has 0 aliphatic heterocycles. The molecule has 0 saturated carbocycles. The molecule has 0 amide bonds. The average Bonchev–Trinajstić information content (AvgIpc) is 0.811. The average molecular weight is 115 g/mol. The van der Waals surface area contributed by atoms with Gasteiger partial charge in [-0.05, 0) is 0 Å². The molecule has 0 unspecified atom stereocenters. The SMILES string of the molecule is [CH-]=C(C)C.[Cl-].[Mg+2]. The van der Waals surface area contributed by atoms with Crippen molar-refractivity contribution in [2.45, 2.75) is 13.8 Å². The second-order valence-corrected chi connectivity index (χ2v) is 1.08. The number of rotatable bonds is 0. The van der Waals surface area contributed by atoms with Gasteiger partial charge in [-0.15, -0.1) is 0 Å². The van der Waals surface area contributed by atoms with Crippen molar-refractivity contribution >= 4 is 23.1 Å². The number of hydrogen-bond donors (Lipinski definition) is 0. The van der Waals surface area contributed by atoms with Crippen molar-refractivity contribution in [3.63, 3.8) is 0 Å². The first-order chi connectivity index (χ1) is 1.73. The van der Waals surface area contributed by atoms with Crippen LogP contribution in [0.2, 0.25) is 0 Å². The standard InChI is InChI=1S/C4H7.ClH.Mg/c1-4(2)3;;/h1H,2-3H3;1H;/q-1;;+2/p-1. The Morgan fingerprint density at radius 2 is 1.33 bits per heavy atom.